The Bertz CT molecular complexity index is 427. The molecule has 0 aliphatic heterocycles. The van der Waals surface area contributed by atoms with E-state index in [1.165, 1.54) is 7.11 Å². The summed E-state index contributed by atoms with van der Waals surface area (Å²) in [6, 6.07) is 6.25. The maximum atomic E-state index is 11.5. The third kappa shape index (κ3) is 4.25. The predicted molar refractivity (Wildman–Crippen MR) is 62.4 cm³/mol. The Morgan fingerprint density at radius 1 is 1.28 bits per heavy atom. The molecule has 0 unspecified atom stereocenters. The van der Waals surface area contributed by atoms with E-state index >= 15 is 0 Å². The van der Waals surface area contributed by atoms with Gasteiger partial charge in [0.2, 0.25) is 6.41 Å². The maximum Gasteiger partial charge on any atom is 0.343 e. The monoisotopic (exact) mass is 251 g/mol. The zero-order chi connectivity index (χ0) is 13.4. The molecule has 18 heavy (non-hydrogen) atoms. The molecule has 0 saturated heterocycles. The highest BCUT2D eigenvalue weighted by molar-refractivity contribution is 5.98. The van der Waals surface area contributed by atoms with Crippen LogP contribution >= 0.6 is 0 Å². The summed E-state index contributed by atoms with van der Waals surface area (Å²) in [5.74, 6) is -0.229. The molecule has 0 aromatic heterocycles. The second-order valence-corrected chi connectivity index (χ2v) is 3.31. The van der Waals surface area contributed by atoms with Crippen molar-refractivity contribution in [3.8, 4) is 5.75 Å². The van der Waals surface area contributed by atoms with Gasteiger partial charge in [0, 0.05) is 5.56 Å². The van der Waals surface area contributed by atoms with Gasteiger partial charge in [-0.25, -0.2) is 4.79 Å². The number of rotatable bonds is 7. The topological polar surface area (TPSA) is 81.7 Å². The summed E-state index contributed by atoms with van der Waals surface area (Å²) in [4.78, 5) is 32.4. The van der Waals surface area contributed by atoms with Gasteiger partial charge in [-0.1, -0.05) is 0 Å². The van der Waals surface area contributed by atoms with Crippen LogP contribution in [0.5, 0.6) is 5.75 Å². The number of hydrogen-bond acceptors (Lipinski definition) is 5. The van der Waals surface area contributed by atoms with Crippen molar-refractivity contribution in [3.63, 3.8) is 0 Å². The summed E-state index contributed by atoms with van der Waals surface area (Å²) in [5, 5.41) is 2.29. The number of amides is 1. The van der Waals surface area contributed by atoms with Crippen LogP contribution in [0, 0.1) is 0 Å². The molecule has 0 heterocycles. The van der Waals surface area contributed by atoms with Gasteiger partial charge in [-0.15, -0.1) is 0 Å². The van der Waals surface area contributed by atoms with Crippen LogP contribution in [0.15, 0.2) is 24.3 Å². The zero-order valence-electron chi connectivity index (χ0n) is 9.84. The van der Waals surface area contributed by atoms with E-state index in [2.05, 4.69) is 10.1 Å². The number of benzene rings is 1. The minimum Gasteiger partial charge on any atom is -0.482 e. The first-order valence-electron chi connectivity index (χ1n) is 5.17. The molecule has 1 N–H and O–H groups in total. The second kappa shape index (κ2) is 7.05. The average Bonchev–Trinajstić information content (AvgIpc) is 2.42. The van der Waals surface area contributed by atoms with E-state index in [1.54, 1.807) is 24.3 Å². The maximum absolute atomic E-state index is 11.5. The third-order valence-corrected chi connectivity index (χ3v) is 2.11. The van der Waals surface area contributed by atoms with Gasteiger partial charge in [-0.05, 0) is 24.3 Å². The van der Waals surface area contributed by atoms with E-state index < -0.39 is 5.97 Å². The summed E-state index contributed by atoms with van der Waals surface area (Å²) in [7, 11) is 1.27. The minimum atomic E-state index is -0.481. The molecular formula is C12H13NO5. The number of carbonyl (C=O) groups is 3. The van der Waals surface area contributed by atoms with Crippen molar-refractivity contribution >= 4 is 18.2 Å². The number of esters is 1. The molecule has 0 fully saturated rings. The molecule has 6 nitrogen and oxygen atoms in total. The van der Waals surface area contributed by atoms with E-state index in [4.69, 9.17) is 4.74 Å². The Balaban J connectivity index is 2.54. The first-order chi connectivity index (χ1) is 8.67. The molecule has 0 bridgehead atoms. The van der Waals surface area contributed by atoms with Gasteiger partial charge in [0.1, 0.15) is 5.75 Å². The summed E-state index contributed by atoms with van der Waals surface area (Å²) < 4.78 is 9.54. The number of Topliss-reactive ketones (excluding diaryl/α,β-unsaturated/α-hetero) is 1. The van der Waals surface area contributed by atoms with Crippen molar-refractivity contribution in [3.05, 3.63) is 29.8 Å². The molecule has 0 saturated carbocycles. The van der Waals surface area contributed by atoms with Gasteiger partial charge in [0.25, 0.3) is 0 Å². The van der Waals surface area contributed by atoms with Gasteiger partial charge in [0.05, 0.1) is 13.7 Å². The van der Waals surface area contributed by atoms with Crippen LogP contribution in [0.3, 0.4) is 0 Å². The van der Waals surface area contributed by atoms with E-state index in [9.17, 15) is 14.4 Å². The number of nitrogens with one attached hydrogen (secondary N) is 1. The standard InChI is InChI=1S/C12H13NO5/c1-17-12(16)7-18-10-4-2-9(3-5-10)11(15)6-13-8-14/h2-5,8H,6-7H2,1H3,(H,13,14). The van der Waals surface area contributed by atoms with Crippen molar-refractivity contribution in [2.24, 2.45) is 0 Å². The number of hydrogen-bond donors (Lipinski definition) is 1. The molecule has 1 rings (SSSR count). The van der Waals surface area contributed by atoms with Crippen LogP contribution in [0.4, 0.5) is 0 Å². The van der Waals surface area contributed by atoms with Gasteiger partial charge in [-0.3, -0.25) is 9.59 Å². The Kier molecular flexibility index (Phi) is 5.37. The fourth-order valence-corrected chi connectivity index (χ4v) is 1.17. The van der Waals surface area contributed by atoms with E-state index in [1.807, 2.05) is 0 Å². The van der Waals surface area contributed by atoms with E-state index in [0.29, 0.717) is 17.7 Å². The first kappa shape index (κ1) is 13.7. The van der Waals surface area contributed by atoms with Crippen molar-refractivity contribution in [1.82, 2.24) is 5.32 Å². The lowest BCUT2D eigenvalue weighted by atomic mass is 10.1. The van der Waals surface area contributed by atoms with Gasteiger partial charge >= 0.3 is 5.97 Å². The van der Waals surface area contributed by atoms with Crippen LogP contribution < -0.4 is 10.1 Å². The van der Waals surface area contributed by atoms with Crippen LogP contribution in [0.2, 0.25) is 0 Å². The lowest BCUT2D eigenvalue weighted by molar-refractivity contribution is -0.142. The summed E-state index contributed by atoms with van der Waals surface area (Å²) in [6.07, 6.45) is 0.464. The molecule has 1 aromatic carbocycles. The highest BCUT2D eigenvalue weighted by Crippen LogP contribution is 2.12. The summed E-state index contributed by atoms with van der Waals surface area (Å²) >= 11 is 0. The summed E-state index contributed by atoms with van der Waals surface area (Å²) in [6.45, 7) is -0.234. The zero-order valence-corrected chi connectivity index (χ0v) is 9.84. The molecule has 6 heteroatoms. The molecule has 0 atom stereocenters. The van der Waals surface area contributed by atoms with Crippen LogP contribution in [-0.2, 0) is 14.3 Å². The van der Waals surface area contributed by atoms with Gasteiger partial charge in [-0.2, -0.15) is 0 Å². The van der Waals surface area contributed by atoms with E-state index in [-0.39, 0.29) is 18.9 Å². The molecule has 1 aromatic rings. The average molecular weight is 251 g/mol. The minimum absolute atomic E-state index is 0.0497. The number of ketones is 1. The molecule has 1 amide bonds. The lowest BCUT2D eigenvalue weighted by Gasteiger charge is -2.05. The van der Waals surface area contributed by atoms with E-state index in [0.717, 1.165) is 0 Å². The van der Waals surface area contributed by atoms with Crippen LogP contribution in [-0.4, -0.2) is 38.4 Å². The van der Waals surface area contributed by atoms with Crippen LogP contribution in [0.25, 0.3) is 0 Å². The Morgan fingerprint density at radius 3 is 2.50 bits per heavy atom. The normalized spacial score (nSPS) is 9.39. The highest BCUT2D eigenvalue weighted by atomic mass is 16.6. The quantitative estimate of drug-likeness (QED) is 0.424. The molecule has 0 aliphatic carbocycles. The molecule has 0 aliphatic rings. The Labute approximate surface area is 104 Å². The summed E-state index contributed by atoms with van der Waals surface area (Å²) in [5.41, 5.74) is 0.453. The van der Waals surface area contributed by atoms with Crippen LogP contribution in [0.1, 0.15) is 10.4 Å². The van der Waals surface area contributed by atoms with Gasteiger partial charge in [0.15, 0.2) is 12.4 Å². The Morgan fingerprint density at radius 2 is 1.94 bits per heavy atom. The van der Waals surface area contributed by atoms with Gasteiger partial charge < -0.3 is 14.8 Å². The van der Waals surface area contributed by atoms with Crippen molar-refractivity contribution in [2.45, 2.75) is 0 Å². The number of methoxy groups -OCH3 is 1. The smallest absolute Gasteiger partial charge is 0.343 e. The van der Waals surface area contributed by atoms with Crippen molar-refractivity contribution < 1.29 is 23.9 Å². The fraction of sp³-hybridized carbons (Fsp3) is 0.250. The second-order valence-electron chi connectivity index (χ2n) is 3.31. The fourth-order valence-electron chi connectivity index (χ4n) is 1.17. The molecule has 0 radical (unpaired) electrons. The molecule has 96 valence electrons. The third-order valence-electron chi connectivity index (χ3n) is 2.11. The highest BCUT2D eigenvalue weighted by Gasteiger charge is 2.06. The molecular weight excluding hydrogens is 238 g/mol. The number of ether oxygens (including phenoxy) is 2. The van der Waals surface area contributed by atoms with Crippen molar-refractivity contribution in [2.75, 3.05) is 20.3 Å². The number of carbonyl (C=O) groups excluding carboxylic acids is 3. The SMILES string of the molecule is COC(=O)COc1ccc(C(=O)CNC=O)cc1. The van der Waals surface area contributed by atoms with Crippen molar-refractivity contribution in [1.29, 1.82) is 0 Å². The molecule has 0 spiro atoms. The lowest BCUT2D eigenvalue weighted by Crippen LogP contribution is -2.21. The Hall–Kier alpha value is -2.37. The predicted octanol–water partition coefficient (Wildman–Crippen LogP) is 0.167. The first-order valence-corrected chi connectivity index (χ1v) is 5.17. The largest absolute Gasteiger partial charge is 0.482 e.